The molecule has 0 saturated heterocycles. The molecular weight excluding hydrogens is 749 g/mol. The SMILES string of the molecule is c1ccc(-c2cccc(-c3ccc(N(c4ccc(-c5ccc(N(c6cccc7ccccc67)c6cccc7ccccc67)cc5)cc4)c4cccc5ccccc45)cc3)c2)cc1. The molecule has 0 aliphatic carbocycles. The van der Waals surface area contributed by atoms with Crippen LogP contribution >= 0.6 is 0 Å². The van der Waals surface area contributed by atoms with Crippen LogP contribution < -0.4 is 9.80 Å². The average molecular weight is 791 g/mol. The quantitative estimate of drug-likeness (QED) is 0.144. The van der Waals surface area contributed by atoms with E-state index >= 15 is 0 Å². The third kappa shape index (κ3) is 6.94. The summed E-state index contributed by atoms with van der Waals surface area (Å²) >= 11 is 0. The van der Waals surface area contributed by atoms with E-state index in [1.165, 1.54) is 54.6 Å². The maximum absolute atomic E-state index is 2.41. The Kier molecular flexibility index (Phi) is 9.57. The molecule has 11 rings (SSSR count). The van der Waals surface area contributed by atoms with Crippen molar-refractivity contribution >= 4 is 66.4 Å². The number of fused-ring (bicyclic) bond motifs is 3. The van der Waals surface area contributed by atoms with Crippen molar-refractivity contribution in [3.05, 3.63) is 255 Å². The highest BCUT2D eigenvalue weighted by atomic mass is 15.1. The smallest absolute Gasteiger partial charge is 0.0540 e. The van der Waals surface area contributed by atoms with Crippen LogP contribution in [0.3, 0.4) is 0 Å². The van der Waals surface area contributed by atoms with E-state index in [0.717, 1.165) is 45.3 Å². The van der Waals surface area contributed by atoms with Crippen molar-refractivity contribution in [2.45, 2.75) is 0 Å². The molecule has 292 valence electrons. The molecule has 0 bridgehead atoms. The molecule has 0 unspecified atom stereocenters. The predicted molar refractivity (Wildman–Crippen MR) is 265 cm³/mol. The van der Waals surface area contributed by atoms with Crippen molar-refractivity contribution in [3.8, 4) is 33.4 Å². The first-order chi connectivity index (χ1) is 30.7. The molecule has 0 aliphatic rings. The number of nitrogens with zero attached hydrogens (tertiary/aromatic N) is 2. The van der Waals surface area contributed by atoms with Crippen LogP contribution in [0.4, 0.5) is 34.1 Å². The van der Waals surface area contributed by atoms with Crippen LogP contribution in [0.15, 0.2) is 255 Å². The zero-order chi connectivity index (χ0) is 41.2. The summed E-state index contributed by atoms with van der Waals surface area (Å²) in [5, 5.41) is 7.27. The summed E-state index contributed by atoms with van der Waals surface area (Å²) in [5.74, 6) is 0. The van der Waals surface area contributed by atoms with Gasteiger partial charge in [0.05, 0.1) is 17.1 Å². The molecule has 0 amide bonds. The van der Waals surface area contributed by atoms with Gasteiger partial charge in [0, 0.05) is 33.2 Å². The molecule has 11 aromatic rings. The fourth-order valence-electron chi connectivity index (χ4n) is 8.96. The molecule has 2 nitrogen and oxygen atoms in total. The van der Waals surface area contributed by atoms with Gasteiger partial charge < -0.3 is 9.80 Å². The van der Waals surface area contributed by atoms with Crippen LogP contribution in [0.25, 0.3) is 65.7 Å². The highest BCUT2D eigenvalue weighted by molar-refractivity contribution is 6.05. The Labute approximate surface area is 362 Å². The van der Waals surface area contributed by atoms with Gasteiger partial charge in [-0.3, -0.25) is 0 Å². The summed E-state index contributed by atoms with van der Waals surface area (Å²) in [6.07, 6.45) is 0. The topological polar surface area (TPSA) is 6.48 Å². The Bertz CT molecular complexity index is 3240. The van der Waals surface area contributed by atoms with Crippen LogP contribution in [0, 0.1) is 0 Å². The van der Waals surface area contributed by atoms with Crippen LogP contribution in [-0.2, 0) is 0 Å². The average Bonchev–Trinajstić information content (AvgIpc) is 3.35. The summed E-state index contributed by atoms with van der Waals surface area (Å²) in [6, 6.07) is 92.1. The fraction of sp³-hybridized carbons (Fsp3) is 0. The molecule has 0 fully saturated rings. The molecule has 0 saturated carbocycles. The Hall–Kier alpha value is -8.20. The van der Waals surface area contributed by atoms with Crippen molar-refractivity contribution in [1.29, 1.82) is 0 Å². The van der Waals surface area contributed by atoms with Crippen molar-refractivity contribution < 1.29 is 0 Å². The number of hydrogen-bond donors (Lipinski definition) is 0. The molecule has 0 aromatic heterocycles. The molecule has 2 heteroatoms. The molecule has 0 atom stereocenters. The van der Waals surface area contributed by atoms with Gasteiger partial charge in [-0.1, -0.05) is 194 Å². The Morgan fingerprint density at radius 3 is 0.919 bits per heavy atom. The molecule has 0 aliphatic heterocycles. The largest absolute Gasteiger partial charge is 0.310 e. The summed E-state index contributed by atoms with van der Waals surface area (Å²) in [5.41, 5.74) is 13.9. The summed E-state index contributed by atoms with van der Waals surface area (Å²) in [6.45, 7) is 0. The van der Waals surface area contributed by atoms with Gasteiger partial charge in [-0.05, 0) is 110 Å². The first-order valence-electron chi connectivity index (χ1n) is 21.3. The standard InChI is InChI=1S/C60H42N2/c1-2-14-43(15-3-1)50-22-10-23-51(42-50)46-34-38-53(39-35-46)61(58-27-11-19-47-16-4-7-24-55(47)58)52-36-30-44(31-37-52)45-32-40-54(41-33-45)62(59-28-12-20-48-17-5-8-25-56(48)59)60-29-13-21-49-18-6-9-26-57(49)60/h1-42H. The molecule has 0 radical (unpaired) electrons. The molecule has 11 aromatic carbocycles. The van der Waals surface area contributed by atoms with Gasteiger partial charge in [-0.2, -0.15) is 0 Å². The van der Waals surface area contributed by atoms with Gasteiger partial charge in [-0.15, -0.1) is 0 Å². The predicted octanol–water partition coefficient (Wildman–Crippen LogP) is 17.1. The lowest BCUT2D eigenvalue weighted by Gasteiger charge is -2.28. The van der Waals surface area contributed by atoms with E-state index in [-0.39, 0.29) is 0 Å². The van der Waals surface area contributed by atoms with Crippen LogP contribution in [0.5, 0.6) is 0 Å². The lowest BCUT2D eigenvalue weighted by atomic mass is 9.98. The zero-order valence-electron chi connectivity index (χ0n) is 34.1. The van der Waals surface area contributed by atoms with Gasteiger partial charge in [0.1, 0.15) is 0 Å². The number of anilines is 6. The van der Waals surface area contributed by atoms with Gasteiger partial charge in [0.25, 0.3) is 0 Å². The third-order valence-corrected chi connectivity index (χ3v) is 12.0. The van der Waals surface area contributed by atoms with Crippen LogP contribution in [0.2, 0.25) is 0 Å². The van der Waals surface area contributed by atoms with E-state index in [1.54, 1.807) is 0 Å². The lowest BCUT2D eigenvalue weighted by Crippen LogP contribution is -2.11. The summed E-state index contributed by atoms with van der Waals surface area (Å²) < 4.78 is 0. The van der Waals surface area contributed by atoms with E-state index in [2.05, 4.69) is 265 Å². The third-order valence-electron chi connectivity index (χ3n) is 12.0. The van der Waals surface area contributed by atoms with E-state index in [0.29, 0.717) is 0 Å². The maximum Gasteiger partial charge on any atom is 0.0540 e. The molecular formula is C60H42N2. The van der Waals surface area contributed by atoms with Gasteiger partial charge >= 0.3 is 0 Å². The second-order valence-corrected chi connectivity index (χ2v) is 15.8. The van der Waals surface area contributed by atoms with Gasteiger partial charge in [-0.25, -0.2) is 0 Å². The van der Waals surface area contributed by atoms with Crippen molar-refractivity contribution in [1.82, 2.24) is 0 Å². The normalized spacial score (nSPS) is 11.2. The Balaban J connectivity index is 0.953. The van der Waals surface area contributed by atoms with E-state index in [9.17, 15) is 0 Å². The van der Waals surface area contributed by atoms with Gasteiger partial charge in [0.15, 0.2) is 0 Å². The first-order valence-corrected chi connectivity index (χ1v) is 21.3. The van der Waals surface area contributed by atoms with Crippen LogP contribution in [0.1, 0.15) is 0 Å². The minimum absolute atomic E-state index is 1.10. The zero-order valence-corrected chi connectivity index (χ0v) is 34.1. The second kappa shape index (κ2) is 16.1. The fourth-order valence-corrected chi connectivity index (χ4v) is 8.96. The van der Waals surface area contributed by atoms with E-state index in [1.807, 2.05) is 0 Å². The first kappa shape index (κ1) is 36.8. The maximum atomic E-state index is 2.41. The number of hydrogen-bond acceptors (Lipinski definition) is 2. The highest BCUT2D eigenvalue weighted by Crippen LogP contribution is 2.44. The summed E-state index contributed by atoms with van der Waals surface area (Å²) in [4.78, 5) is 4.79. The summed E-state index contributed by atoms with van der Waals surface area (Å²) in [7, 11) is 0. The van der Waals surface area contributed by atoms with Crippen molar-refractivity contribution in [3.63, 3.8) is 0 Å². The number of benzene rings is 11. The molecule has 0 heterocycles. The van der Waals surface area contributed by atoms with Crippen molar-refractivity contribution in [2.24, 2.45) is 0 Å². The second-order valence-electron chi connectivity index (χ2n) is 15.8. The van der Waals surface area contributed by atoms with Crippen molar-refractivity contribution in [2.75, 3.05) is 9.80 Å². The Morgan fingerprint density at radius 1 is 0.194 bits per heavy atom. The number of rotatable bonds is 9. The van der Waals surface area contributed by atoms with E-state index in [4.69, 9.17) is 0 Å². The van der Waals surface area contributed by atoms with Gasteiger partial charge in [0.2, 0.25) is 0 Å². The minimum Gasteiger partial charge on any atom is -0.310 e. The molecule has 62 heavy (non-hydrogen) atoms. The molecule has 0 spiro atoms. The molecule has 0 N–H and O–H groups in total. The van der Waals surface area contributed by atoms with E-state index < -0.39 is 0 Å². The highest BCUT2D eigenvalue weighted by Gasteiger charge is 2.19. The monoisotopic (exact) mass is 790 g/mol. The lowest BCUT2D eigenvalue weighted by molar-refractivity contribution is 1.30. The van der Waals surface area contributed by atoms with Crippen LogP contribution in [-0.4, -0.2) is 0 Å². The minimum atomic E-state index is 1.10. The Morgan fingerprint density at radius 2 is 0.484 bits per heavy atom.